The maximum absolute atomic E-state index is 12.9. The van der Waals surface area contributed by atoms with E-state index < -0.39 is 10.0 Å². The Kier molecular flexibility index (Phi) is 6.83. The number of anilines is 2. The van der Waals surface area contributed by atoms with Gasteiger partial charge >= 0.3 is 0 Å². The number of nitrogen functional groups attached to an aromatic ring is 1. The topological polar surface area (TPSA) is 90.0 Å². The van der Waals surface area contributed by atoms with Gasteiger partial charge in [-0.3, -0.25) is 9.21 Å². The number of rotatable bonds is 8. The van der Waals surface area contributed by atoms with Crippen LogP contribution in [0.25, 0.3) is 22.2 Å². The fourth-order valence-electron chi connectivity index (χ4n) is 4.32. The van der Waals surface area contributed by atoms with Crippen LogP contribution in [-0.2, 0) is 21.3 Å². The van der Waals surface area contributed by atoms with Gasteiger partial charge < -0.3 is 19.8 Å². The lowest BCUT2D eigenvalue weighted by Gasteiger charge is -2.27. The number of nitrogens with zero attached hydrogens (tertiary/aromatic N) is 3. The van der Waals surface area contributed by atoms with Crippen LogP contribution in [0.15, 0.2) is 42.5 Å². The van der Waals surface area contributed by atoms with Crippen molar-refractivity contribution in [2.24, 2.45) is 0 Å². The predicted molar refractivity (Wildman–Crippen MR) is 133 cm³/mol. The largest absolute Gasteiger partial charge is 0.497 e. The van der Waals surface area contributed by atoms with Gasteiger partial charge in [-0.15, -0.1) is 0 Å². The van der Waals surface area contributed by atoms with Gasteiger partial charge in [0.05, 0.1) is 48.7 Å². The van der Waals surface area contributed by atoms with Crippen LogP contribution >= 0.6 is 0 Å². The van der Waals surface area contributed by atoms with Crippen LogP contribution in [0, 0.1) is 0 Å². The number of sulfonamides is 1. The van der Waals surface area contributed by atoms with Crippen molar-refractivity contribution in [3.8, 4) is 17.0 Å². The zero-order chi connectivity index (χ0) is 23.6. The molecule has 8 nitrogen and oxygen atoms in total. The van der Waals surface area contributed by atoms with E-state index in [1.807, 2.05) is 42.5 Å². The standard InChI is InChI=1S/C24H32N4O4S/c1-4-28-22-17-20(31-3)9-10-21(22)23(25)24(28)18-5-7-19(8-6-18)26(2)33(29,30)16-13-27-11-14-32-15-12-27/h5-10,17H,4,11-16,25H2,1-3H3. The van der Waals surface area contributed by atoms with Crippen LogP contribution in [0.5, 0.6) is 5.75 Å². The summed E-state index contributed by atoms with van der Waals surface area (Å²) in [6.45, 7) is 6.17. The van der Waals surface area contributed by atoms with Gasteiger partial charge in [0.15, 0.2) is 0 Å². The van der Waals surface area contributed by atoms with Crippen molar-refractivity contribution in [3.05, 3.63) is 42.5 Å². The Morgan fingerprint density at radius 1 is 1.12 bits per heavy atom. The number of morpholine rings is 1. The molecule has 1 saturated heterocycles. The molecule has 9 heteroatoms. The second-order valence-electron chi connectivity index (χ2n) is 8.17. The Balaban J connectivity index is 1.58. The molecular formula is C24H32N4O4S. The summed E-state index contributed by atoms with van der Waals surface area (Å²) < 4.78 is 40.0. The van der Waals surface area contributed by atoms with Crippen molar-refractivity contribution in [3.63, 3.8) is 0 Å². The number of hydrogen-bond acceptors (Lipinski definition) is 6. The van der Waals surface area contributed by atoms with Gasteiger partial charge in [-0.25, -0.2) is 8.42 Å². The lowest BCUT2D eigenvalue weighted by Crippen LogP contribution is -2.41. The summed E-state index contributed by atoms with van der Waals surface area (Å²) in [6.07, 6.45) is 0. The normalized spacial score (nSPS) is 15.1. The van der Waals surface area contributed by atoms with Gasteiger partial charge in [-0.1, -0.05) is 12.1 Å². The summed E-state index contributed by atoms with van der Waals surface area (Å²) in [7, 11) is -0.180. The average molecular weight is 473 g/mol. The molecule has 2 aromatic carbocycles. The van der Waals surface area contributed by atoms with Gasteiger partial charge in [-0.05, 0) is 31.2 Å². The summed E-state index contributed by atoms with van der Waals surface area (Å²) in [4.78, 5) is 2.12. The van der Waals surface area contributed by atoms with Crippen molar-refractivity contribution < 1.29 is 17.9 Å². The molecule has 0 saturated carbocycles. The number of benzene rings is 2. The minimum atomic E-state index is -3.43. The Hall–Kier alpha value is -2.75. The van der Waals surface area contributed by atoms with E-state index >= 15 is 0 Å². The third kappa shape index (κ3) is 4.66. The van der Waals surface area contributed by atoms with Crippen LogP contribution < -0.4 is 14.8 Å². The maximum atomic E-state index is 12.9. The Morgan fingerprint density at radius 2 is 1.82 bits per heavy atom. The highest BCUT2D eigenvalue weighted by Gasteiger charge is 2.22. The average Bonchev–Trinajstić information content (AvgIpc) is 3.13. The fraction of sp³-hybridized carbons (Fsp3) is 0.417. The van der Waals surface area contributed by atoms with Gasteiger partial charge in [0.25, 0.3) is 0 Å². The highest BCUT2D eigenvalue weighted by atomic mass is 32.2. The first kappa shape index (κ1) is 23.4. The van der Waals surface area contributed by atoms with Crippen LogP contribution in [-0.4, -0.2) is 70.6 Å². The molecule has 2 heterocycles. The van der Waals surface area contributed by atoms with Gasteiger partial charge in [-0.2, -0.15) is 0 Å². The van der Waals surface area contributed by atoms with E-state index in [-0.39, 0.29) is 5.75 Å². The second-order valence-corrected chi connectivity index (χ2v) is 10.3. The molecule has 33 heavy (non-hydrogen) atoms. The number of nitrogens with two attached hydrogens (primary N) is 1. The molecule has 1 fully saturated rings. The molecule has 4 rings (SSSR count). The highest BCUT2D eigenvalue weighted by molar-refractivity contribution is 7.92. The molecule has 1 aliphatic heterocycles. The van der Waals surface area contributed by atoms with Gasteiger partial charge in [0.2, 0.25) is 10.0 Å². The van der Waals surface area contributed by atoms with E-state index in [9.17, 15) is 8.42 Å². The van der Waals surface area contributed by atoms with E-state index in [0.29, 0.717) is 31.1 Å². The molecular weight excluding hydrogens is 440 g/mol. The smallest absolute Gasteiger partial charge is 0.236 e. The second kappa shape index (κ2) is 9.62. The van der Waals surface area contributed by atoms with E-state index in [1.54, 1.807) is 14.2 Å². The van der Waals surface area contributed by atoms with E-state index in [1.165, 1.54) is 4.31 Å². The first-order valence-electron chi connectivity index (χ1n) is 11.2. The fourth-order valence-corrected chi connectivity index (χ4v) is 5.52. The van der Waals surface area contributed by atoms with Crippen molar-refractivity contribution in [1.29, 1.82) is 0 Å². The summed E-state index contributed by atoms with van der Waals surface area (Å²) in [5, 5.41) is 0.972. The van der Waals surface area contributed by atoms with Crippen LogP contribution in [0.2, 0.25) is 0 Å². The predicted octanol–water partition coefficient (Wildman–Crippen LogP) is 3.02. The molecule has 0 aliphatic carbocycles. The molecule has 0 bridgehead atoms. The summed E-state index contributed by atoms with van der Waals surface area (Å²) in [6, 6.07) is 13.4. The summed E-state index contributed by atoms with van der Waals surface area (Å²) in [5.74, 6) is 0.852. The quantitative estimate of drug-likeness (QED) is 0.542. The molecule has 0 radical (unpaired) electrons. The zero-order valence-electron chi connectivity index (χ0n) is 19.5. The number of hydrogen-bond donors (Lipinski definition) is 1. The molecule has 1 aromatic heterocycles. The minimum Gasteiger partial charge on any atom is -0.497 e. The third-order valence-corrected chi connectivity index (χ3v) is 8.06. The number of methoxy groups -OCH3 is 1. The summed E-state index contributed by atoms with van der Waals surface area (Å²) >= 11 is 0. The van der Waals surface area contributed by atoms with Crippen LogP contribution in [0.3, 0.4) is 0 Å². The number of aryl methyl sites for hydroxylation is 1. The Labute approximate surface area is 195 Å². The number of fused-ring (bicyclic) bond motifs is 1. The molecule has 1 aliphatic rings. The molecule has 0 atom stereocenters. The highest BCUT2D eigenvalue weighted by Crippen LogP contribution is 2.38. The zero-order valence-corrected chi connectivity index (χ0v) is 20.3. The Bertz CT molecular complexity index is 1220. The van der Waals surface area contributed by atoms with Gasteiger partial charge in [0.1, 0.15) is 5.75 Å². The van der Waals surface area contributed by atoms with Crippen molar-refractivity contribution in [1.82, 2.24) is 9.47 Å². The Morgan fingerprint density at radius 3 is 2.45 bits per heavy atom. The van der Waals surface area contributed by atoms with E-state index in [0.717, 1.165) is 47.5 Å². The SMILES string of the molecule is CCn1c(-c2ccc(N(C)S(=O)(=O)CCN3CCOCC3)cc2)c(N)c2ccc(OC)cc21. The molecule has 3 aromatic rings. The van der Waals surface area contributed by atoms with Crippen LogP contribution in [0.1, 0.15) is 6.92 Å². The lowest BCUT2D eigenvalue weighted by atomic mass is 10.1. The van der Waals surface area contributed by atoms with E-state index in [2.05, 4.69) is 16.4 Å². The lowest BCUT2D eigenvalue weighted by molar-refractivity contribution is 0.0408. The summed E-state index contributed by atoms with van der Waals surface area (Å²) in [5.41, 5.74) is 10.7. The van der Waals surface area contributed by atoms with Crippen molar-refractivity contribution in [2.45, 2.75) is 13.5 Å². The van der Waals surface area contributed by atoms with E-state index in [4.69, 9.17) is 15.2 Å². The first-order valence-corrected chi connectivity index (χ1v) is 12.8. The van der Waals surface area contributed by atoms with Crippen molar-refractivity contribution in [2.75, 3.05) is 62.8 Å². The monoisotopic (exact) mass is 472 g/mol. The third-order valence-electron chi connectivity index (χ3n) is 6.32. The van der Waals surface area contributed by atoms with Crippen molar-refractivity contribution >= 4 is 32.3 Å². The first-order chi connectivity index (χ1) is 15.9. The van der Waals surface area contributed by atoms with Crippen LogP contribution in [0.4, 0.5) is 11.4 Å². The van der Waals surface area contributed by atoms with Gasteiger partial charge in [0, 0.05) is 50.2 Å². The number of ether oxygens (including phenoxy) is 2. The molecule has 0 spiro atoms. The molecule has 178 valence electrons. The number of aromatic nitrogens is 1. The molecule has 0 unspecified atom stereocenters. The molecule has 2 N–H and O–H groups in total. The minimum absolute atomic E-state index is 0.0735. The molecule has 0 amide bonds. The maximum Gasteiger partial charge on any atom is 0.236 e.